The van der Waals surface area contributed by atoms with Crippen LogP contribution in [0.2, 0.25) is 0 Å². The minimum Gasteiger partial charge on any atom is -0.457 e. The maximum absolute atomic E-state index is 12.2. The molecule has 0 radical (unpaired) electrons. The molecule has 1 saturated heterocycles. The molecule has 0 spiro atoms. The van der Waals surface area contributed by atoms with Crippen molar-refractivity contribution in [1.82, 2.24) is 15.6 Å². The zero-order valence-corrected chi connectivity index (χ0v) is 12.6. The first kappa shape index (κ1) is 15.5. The average molecular weight is 313 g/mol. The predicted molar refractivity (Wildman–Crippen MR) is 85.5 cm³/mol. The third-order valence-electron chi connectivity index (χ3n) is 3.81. The first-order valence-corrected chi connectivity index (χ1v) is 7.57. The summed E-state index contributed by atoms with van der Waals surface area (Å²) in [6, 6.07) is 10.5. The highest BCUT2D eigenvalue weighted by atomic mass is 16.5. The van der Waals surface area contributed by atoms with E-state index >= 15 is 0 Å². The molecule has 1 fully saturated rings. The van der Waals surface area contributed by atoms with E-state index in [0.29, 0.717) is 36.7 Å². The minimum atomic E-state index is -0.406. The van der Waals surface area contributed by atoms with Crippen LogP contribution in [0, 0.1) is 5.92 Å². The number of rotatable bonds is 5. The lowest BCUT2D eigenvalue weighted by atomic mass is 10.1. The van der Waals surface area contributed by atoms with Crippen LogP contribution in [0.5, 0.6) is 11.5 Å². The Hall–Kier alpha value is -2.44. The molecular weight excluding hydrogens is 294 g/mol. The van der Waals surface area contributed by atoms with Gasteiger partial charge in [-0.3, -0.25) is 9.78 Å². The number of pyridine rings is 1. The van der Waals surface area contributed by atoms with Gasteiger partial charge in [-0.2, -0.15) is 0 Å². The van der Waals surface area contributed by atoms with Gasteiger partial charge in [-0.25, -0.2) is 0 Å². The van der Waals surface area contributed by atoms with Crippen molar-refractivity contribution < 1.29 is 14.6 Å². The standard InChI is InChI=1S/C17H19N3O3/c21-16-11-19-9-13(16)10-20-17(22)12-2-1-3-15(8-12)23-14-4-6-18-7-5-14/h1-8,13,16,19,21H,9-11H2,(H,20,22). The van der Waals surface area contributed by atoms with E-state index in [1.807, 2.05) is 0 Å². The Morgan fingerprint density at radius 3 is 2.83 bits per heavy atom. The monoisotopic (exact) mass is 313 g/mol. The molecule has 1 aromatic heterocycles. The predicted octanol–water partition coefficient (Wildman–Crippen LogP) is 1.18. The molecule has 23 heavy (non-hydrogen) atoms. The molecular formula is C17H19N3O3. The van der Waals surface area contributed by atoms with Crippen LogP contribution in [0.3, 0.4) is 0 Å². The zero-order chi connectivity index (χ0) is 16.1. The number of hydrogen-bond acceptors (Lipinski definition) is 5. The molecule has 0 bridgehead atoms. The molecule has 1 aromatic carbocycles. The molecule has 3 rings (SSSR count). The number of carbonyl (C=O) groups excluding carboxylic acids is 1. The summed E-state index contributed by atoms with van der Waals surface area (Å²) in [6.45, 7) is 1.74. The van der Waals surface area contributed by atoms with Crippen molar-refractivity contribution >= 4 is 5.91 Å². The zero-order valence-electron chi connectivity index (χ0n) is 12.6. The van der Waals surface area contributed by atoms with E-state index in [2.05, 4.69) is 15.6 Å². The van der Waals surface area contributed by atoms with Gasteiger partial charge in [-0.05, 0) is 30.3 Å². The van der Waals surface area contributed by atoms with Crippen LogP contribution in [-0.2, 0) is 0 Å². The van der Waals surface area contributed by atoms with Crippen LogP contribution in [0.1, 0.15) is 10.4 Å². The SMILES string of the molecule is O=C(NCC1CNCC1O)c1cccc(Oc2ccncc2)c1. The van der Waals surface area contributed by atoms with E-state index in [1.165, 1.54) is 0 Å². The van der Waals surface area contributed by atoms with E-state index < -0.39 is 6.10 Å². The van der Waals surface area contributed by atoms with Gasteiger partial charge in [0.2, 0.25) is 0 Å². The quantitative estimate of drug-likeness (QED) is 0.772. The molecule has 2 heterocycles. The number of carbonyl (C=O) groups is 1. The number of β-amino-alcohol motifs (C(OH)–C–C–N with tert-alkyl or cyclic N) is 1. The Morgan fingerprint density at radius 2 is 2.09 bits per heavy atom. The summed E-state index contributed by atoms with van der Waals surface area (Å²) in [5, 5.41) is 15.7. The Kier molecular flexibility index (Phi) is 4.85. The summed E-state index contributed by atoms with van der Waals surface area (Å²) in [4.78, 5) is 16.2. The van der Waals surface area contributed by atoms with Crippen LogP contribution in [0.15, 0.2) is 48.8 Å². The smallest absolute Gasteiger partial charge is 0.251 e. The van der Waals surface area contributed by atoms with E-state index in [-0.39, 0.29) is 11.8 Å². The van der Waals surface area contributed by atoms with Crippen molar-refractivity contribution in [2.45, 2.75) is 6.10 Å². The molecule has 6 heteroatoms. The van der Waals surface area contributed by atoms with E-state index in [4.69, 9.17) is 4.74 Å². The molecule has 0 aliphatic carbocycles. The van der Waals surface area contributed by atoms with Gasteiger partial charge in [-0.1, -0.05) is 6.07 Å². The molecule has 1 amide bonds. The van der Waals surface area contributed by atoms with Crippen LogP contribution < -0.4 is 15.4 Å². The number of nitrogens with zero attached hydrogens (tertiary/aromatic N) is 1. The largest absolute Gasteiger partial charge is 0.457 e. The second-order valence-corrected chi connectivity index (χ2v) is 5.51. The van der Waals surface area contributed by atoms with E-state index in [9.17, 15) is 9.90 Å². The van der Waals surface area contributed by atoms with Gasteiger partial charge in [-0.15, -0.1) is 0 Å². The fraction of sp³-hybridized carbons (Fsp3) is 0.294. The van der Waals surface area contributed by atoms with Crippen LogP contribution in [0.25, 0.3) is 0 Å². The lowest BCUT2D eigenvalue weighted by molar-refractivity contribution is 0.0926. The number of aromatic nitrogens is 1. The number of nitrogens with one attached hydrogen (secondary N) is 2. The Balaban J connectivity index is 1.61. The summed E-state index contributed by atoms with van der Waals surface area (Å²) in [5.74, 6) is 1.13. The Labute approximate surface area is 134 Å². The van der Waals surface area contributed by atoms with Gasteiger partial charge in [0.25, 0.3) is 5.91 Å². The van der Waals surface area contributed by atoms with E-state index in [1.54, 1.807) is 48.8 Å². The van der Waals surface area contributed by atoms with Gasteiger partial charge in [0.1, 0.15) is 11.5 Å². The van der Waals surface area contributed by atoms with Gasteiger partial charge >= 0.3 is 0 Å². The highest BCUT2D eigenvalue weighted by Gasteiger charge is 2.25. The molecule has 2 aromatic rings. The fourth-order valence-corrected chi connectivity index (χ4v) is 2.50. The molecule has 2 unspecified atom stereocenters. The third kappa shape index (κ3) is 4.06. The van der Waals surface area contributed by atoms with Crippen molar-refractivity contribution in [3.8, 4) is 11.5 Å². The number of aliphatic hydroxyl groups excluding tert-OH is 1. The number of ether oxygens (including phenoxy) is 1. The maximum atomic E-state index is 12.2. The third-order valence-corrected chi connectivity index (χ3v) is 3.81. The maximum Gasteiger partial charge on any atom is 0.251 e. The lowest BCUT2D eigenvalue weighted by Crippen LogP contribution is -2.34. The van der Waals surface area contributed by atoms with Crippen LogP contribution >= 0.6 is 0 Å². The normalized spacial score (nSPS) is 20.2. The van der Waals surface area contributed by atoms with Crippen molar-refractivity contribution in [3.63, 3.8) is 0 Å². The number of amides is 1. The lowest BCUT2D eigenvalue weighted by Gasteiger charge is -2.14. The molecule has 1 aliphatic heterocycles. The van der Waals surface area contributed by atoms with Crippen molar-refractivity contribution in [3.05, 3.63) is 54.4 Å². The summed E-state index contributed by atoms with van der Waals surface area (Å²) in [5.41, 5.74) is 0.525. The van der Waals surface area contributed by atoms with E-state index in [0.717, 1.165) is 0 Å². The molecule has 3 N–H and O–H groups in total. The number of hydrogen-bond donors (Lipinski definition) is 3. The van der Waals surface area contributed by atoms with Gasteiger partial charge in [0, 0.05) is 43.5 Å². The average Bonchev–Trinajstić information content (AvgIpc) is 2.99. The van der Waals surface area contributed by atoms with Gasteiger partial charge in [0.05, 0.1) is 6.10 Å². The van der Waals surface area contributed by atoms with Gasteiger partial charge < -0.3 is 20.5 Å². The van der Waals surface area contributed by atoms with Crippen LogP contribution in [-0.4, -0.2) is 41.7 Å². The first-order chi connectivity index (χ1) is 11.2. The van der Waals surface area contributed by atoms with Crippen molar-refractivity contribution in [1.29, 1.82) is 0 Å². The molecule has 6 nitrogen and oxygen atoms in total. The fourth-order valence-electron chi connectivity index (χ4n) is 2.50. The highest BCUT2D eigenvalue weighted by Crippen LogP contribution is 2.21. The molecule has 1 aliphatic rings. The topological polar surface area (TPSA) is 83.5 Å². The summed E-state index contributed by atoms with van der Waals surface area (Å²) < 4.78 is 5.69. The summed E-state index contributed by atoms with van der Waals surface area (Å²) in [6.07, 6.45) is 2.89. The molecule has 2 atom stereocenters. The van der Waals surface area contributed by atoms with Crippen molar-refractivity contribution in [2.24, 2.45) is 5.92 Å². The van der Waals surface area contributed by atoms with Crippen molar-refractivity contribution in [2.75, 3.05) is 19.6 Å². The minimum absolute atomic E-state index is 0.0511. The van der Waals surface area contributed by atoms with Crippen LogP contribution in [0.4, 0.5) is 0 Å². The number of aliphatic hydroxyl groups is 1. The Bertz CT molecular complexity index is 663. The summed E-state index contributed by atoms with van der Waals surface area (Å²) in [7, 11) is 0. The highest BCUT2D eigenvalue weighted by molar-refractivity contribution is 5.94. The molecule has 120 valence electrons. The second-order valence-electron chi connectivity index (χ2n) is 5.51. The number of benzene rings is 1. The molecule has 0 saturated carbocycles. The summed E-state index contributed by atoms with van der Waals surface area (Å²) >= 11 is 0. The van der Waals surface area contributed by atoms with Gasteiger partial charge in [0.15, 0.2) is 0 Å². The first-order valence-electron chi connectivity index (χ1n) is 7.57. The second kappa shape index (κ2) is 7.21. The Morgan fingerprint density at radius 1 is 1.26 bits per heavy atom.